The number of amides is 1. The van der Waals surface area contributed by atoms with Gasteiger partial charge in [-0.2, -0.15) is 0 Å². The van der Waals surface area contributed by atoms with Crippen molar-refractivity contribution < 1.29 is 9.18 Å². The van der Waals surface area contributed by atoms with Crippen LogP contribution in [0.15, 0.2) is 48.7 Å². The fraction of sp³-hybridized carbons (Fsp3) is 0.263. The fourth-order valence-corrected chi connectivity index (χ4v) is 2.40. The van der Waals surface area contributed by atoms with E-state index in [-0.39, 0.29) is 17.8 Å². The van der Waals surface area contributed by atoms with Crippen LogP contribution in [0.5, 0.6) is 0 Å². The van der Waals surface area contributed by atoms with Crippen LogP contribution in [-0.4, -0.2) is 36.4 Å². The molecule has 1 atom stereocenters. The third-order valence-corrected chi connectivity index (χ3v) is 3.77. The number of aryl methyl sites for hydroxylation is 1. The Hall–Kier alpha value is -2.53. The van der Waals surface area contributed by atoms with Gasteiger partial charge in [0.1, 0.15) is 5.82 Å². The molecule has 0 bridgehead atoms. The van der Waals surface area contributed by atoms with E-state index in [1.54, 1.807) is 18.3 Å². The molecule has 1 aromatic carbocycles. The summed E-state index contributed by atoms with van der Waals surface area (Å²) < 4.78 is 13.4. The Morgan fingerprint density at radius 1 is 1.33 bits per heavy atom. The predicted molar refractivity (Wildman–Crippen MR) is 93.8 cm³/mol. The predicted octanol–water partition coefficient (Wildman–Crippen LogP) is 2.96. The van der Waals surface area contributed by atoms with Gasteiger partial charge in [0.2, 0.25) is 5.91 Å². The van der Waals surface area contributed by atoms with Crippen molar-refractivity contribution in [1.82, 2.24) is 15.2 Å². The molecule has 0 aliphatic rings. The summed E-state index contributed by atoms with van der Waals surface area (Å²) in [6.45, 7) is 2.33. The molecule has 0 saturated carbocycles. The molecule has 24 heavy (non-hydrogen) atoms. The SMILES string of the molecule is Cc1cccnc1/C=C/C(=O)NCC(c1cccc(F)c1)N(C)C. The Morgan fingerprint density at radius 3 is 2.79 bits per heavy atom. The summed E-state index contributed by atoms with van der Waals surface area (Å²) in [5.41, 5.74) is 2.60. The summed E-state index contributed by atoms with van der Waals surface area (Å²) in [4.78, 5) is 18.2. The van der Waals surface area contributed by atoms with E-state index in [1.807, 2.05) is 44.1 Å². The maximum absolute atomic E-state index is 13.4. The number of aromatic nitrogens is 1. The number of nitrogens with zero attached hydrogens (tertiary/aromatic N) is 2. The first kappa shape index (κ1) is 17.8. The Bertz CT molecular complexity index is 728. The molecule has 0 aliphatic carbocycles. The molecule has 0 radical (unpaired) electrons. The van der Waals surface area contributed by atoms with Crippen molar-refractivity contribution in [1.29, 1.82) is 0 Å². The first-order valence-electron chi connectivity index (χ1n) is 7.77. The second kappa shape index (κ2) is 8.36. The highest BCUT2D eigenvalue weighted by molar-refractivity contribution is 5.91. The van der Waals surface area contributed by atoms with Crippen LogP contribution >= 0.6 is 0 Å². The molecule has 2 rings (SSSR count). The molecule has 1 N–H and O–H groups in total. The Labute approximate surface area is 142 Å². The van der Waals surface area contributed by atoms with Gasteiger partial charge in [-0.1, -0.05) is 18.2 Å². The van der Waals surface area contributed by atoms with Gasteiger partial charge in [0, 0.05) is 18.8 Å². The Morgan fingerprint density at radius 2 is 2.12 bits per heavy atom. The van der Waals surface area contributed by atoms with E-state index < -0.39 is 0 Å². The zero-order valence-electron chi connectivity index (χ0n) is 14.2. The van der Waals surface area contributed by atoms with Crippen molar-refractivity contribution in [2.45, 2.75) is 13.0 Å². The van der Waals surface area contributed by atoms with E-state index in [2.05, 4.69) is 10.3 Å². The highest BCUT2D eigenvalue weighted by Crippen LogP contribution is 2.18. The monoisotopic (exact) mass is 327 g/mol. The van der Waals surface area contributed by atoms with Gasteiger partial charge < -0.3 is 10.2 Å². The number of halogens is 1. The number of pyridine rings is 1. The fourth-order valence-electron chi connectivity index (χ4n) is 2.40. The summed E-state index contributed by atoms with van der Waals surface area (Å²) in [6.07, 6.45) is 4.85. The Balaban J connectivity index is 1.99. The molecular formula is C19H22FN3O. The van der Waals surface area contributed by atoms with Crippen LogP contribution in [0.3, 0.4) is 0 Å². The second-order valence-electron chi connectivity index (χ2n) is 5.82. The highest BCUT2D eigenvalue weighted by atomic mass is 19.1. The van der Waals surface area contributed by atoms with E-state index in [0.29, 0.717) is 6.54 Å². The maximum atomic E-state index is 13.4. The molecule has 1 heterocycles. The van der Waals surface area contributed by atoms with Crippen LogP contribution in [0.2, 0.25) is 0 Å². The molecule has 0 saturated heterocycles. The molecule has 0 aliphatic heterocycles. The lowest BCUT2D eigenvalue weighted by Gasteiger charge is -2.24. The number of rotatable bonds is 6. The van der Waals surface area contributed by atoms with Gasteiger partial charge in [-0.3, -0.25) is 9.78 Å². The summed E-state index contributed by atoms with van der Waals surface area (Å²) >= 11 is 0. The molecule has 1 aromatic heterocycles. The molecule has 2 aromatic rings. The minimum Gasteiger partial charge on any atom is -0.351 e. The minimum atomic E-state index is -0.281. The van der Waals surface area contributed by atoms with Gasteiger partial charge >= 0.3 is 0 Å². The number of hydrogen-bond acceptors (Lipinski definition) is 3. The number of carbonyl (C=O) groups is 1. The Kier molecular flexibility index (Phi) is 6.21. The molecule has 1 amide bonds. The lowest BCUT2D eigenvalue weighted by Crippen LogP contribution is -2.33. The summed E-state index contributed by atoms with van der Waals surface area (Å²) in [6, 6.07) is 10.1. The molecule has 0 spiro atoms. The molecular weight excluding hydrogens is 305 g/mol. The quantitative estimate of drug-likeness (QED) is 0.830. The zero-order chi connectivity index (χ0) is 17.5. The van der Waals surface area contributed by atoms with E-state index in [1.165, 1.54) is 18.2 Å². The molecule has 5 heteroatoms. The molecule has 1 unspecified atom stereocenters. The van der Waals surface area contributed by atoms with Crippen molar-refractivity contribution in [3.8, 4) is 0 Å². The van der Waals surface area contributed by atoms with Gasteiger partial charge in [-0.05, 0) is 56.4 Å². The zero-order valence-corrected chi connectivity index (χ0v) is 14.2. The number of carbonyl (C=O) groups excluding carboxylic acids is 1. The van der Waals surface area contributed by atoms with E-state index in [0.717, 1.165) is 16.8 Å². The maximum Gasteiger partial charge on any atom is 0.244 e. The van der Waals surface area contributed by atoms with Crippen LogP contribution in [0.1, 0.15) is 22.9 Å². The van der Waals surface area contributed by atoms with Gasteiger partial charge in [0.25, 0.3) is 0 Å². The lowest BCUT2D eigenvalue weighted by molar-refractivity contribution is -0.116. The normalized spacial score (nSPS) is 12.5. The van der Waals surface area contributed by atoms with Gasteiger partial charge in [0.05, 0.1) is 11.7 Å². The van der Waals surface area contributed by atoms with Crippen LogP contribution in [0, 0.1) is 12.7 Å². The number of likely N-dealkylation sites (N-methyl/N-ethyl adjacent to an activating group) is 1. The molecule has 126 valence electrons. The largest absolute Gasteiger partial charge is 0.351 e. The molecule has 0 fully saturated rings. The summed E-state index contributed by atoms with van der Waals surface area (Å²) in [5, 5.41) is 2.85. The average Bonchev–Trinajstić information content (AvgIpc) is 2.54. The average molecular weight is 327 g/mol. The second-order valence-corrected chi connectivity index (χ2v) is 5.82. The van der Waals surface area contributed by atoms with E-state index in [9.17, 15) is 9.18 Å². The van der Waals surface area contributed by atoms with Crippen molar-refractivity contribution in [3.63, 3.8) is 0 Å². The van der Waals surface area contributed by atoms with Crippen LogP contribution in [0.4, 0.5) is 4.39 Å². The summed E-state index contributed by atoms with van der Waals surface area (Å²) in [7, 11) is 3.80. The van der Waals surface area contributed by atoms with Crippen LogP contribution in [-0.2, 0) is 4.79 Å². The molecule has 4 nitrogen and oxygen atoms in total. The number of hydrogen-bond donors (Lipinski definition) is 1. The van der Waals surface area contributed by atoms with Gasteiger partial charge in [-0.15, -0.1) is 0 Å². The van der Waals surface area contributed by atoms with Gasteiger partial charge in [-0.25, -0.2) is 4.39 Å². The highest BCUT2D eigenvalue weighted by Gasteiger charge is 2.15. The van der Waals surface area contributed by atoms with Crippen molar-refractivity contribution in [2.75, 3.05) is 20.6 Å². The van der Waals surface area contributed by atoms with Crippen LogP contribution < -0.4 is 5.32 Å². The van der Waals surface area contributed by atoms with Gasteiger partial charge in [0.15, 0.2) is 0 Å². The third-order valence-electron chi connectivity index (χ3n) is 3.77. The first-order valence-corrected chi connectivity index (χ1v) is 7.77. The first-order chi connectivity index (χ1) is 11.5. The topological polar surface area (TPSA) is 45.2 Å². The summed E-state index contributed by atoms with van der Waals surface area (Å²) in [5.74, 6) is -0.487. The van der Waals surface area contributed by atoms with E-state index in [4.69, 9.17) is 0 Å². The van der Waals surface area contributed by atoms with Crippen molar-refractivity contribution >= 4 is 12.0 Å². The smallest absolute Gasteiger partial charge is 0.244 e. The number of benzene rings is 1. The van der Waals surface area contributed by atoms with Crippen molar-refractivity contribution in [3.05, 3.63) is 71.3 Å². The number of nitrogens with one attached hydrogen (secondary N) is 1. The third kappa shape index (κ3) is 4.99. The van der Waals surface area contributed by atoms with E-state index >= 15 is 0 Å². The minimum absolute atomic E-state index is 0.102. The van der Waals surface area contributed by atoms with Crippen LogP contribution in [0.25, 0.3) is 6.08 Å². The van der Waals surface area contributed by atoms with Crippen molar-refractivity contribution in [2.24, 2.45) is 0 Å². The standard InChI is InChI=1S/C19H22FN3O/c1-14-6-5-11-21-17(14)9-10-19(24)22-13-18(23(2)3)15-7-4-8-16(20)12-15/h4-12,18H,13H2,1-3H3,(H,22,24)/b10-9+. The lowest BCUT2D eigenvalue weighted by atomic mass is 10.1.